The highest BCUT2D eigenvalue weighted by molar-refractivity contribution is 5.94. The fraction of sp³-hybridized carbons (Fsp3) is 0.583. The number of hydrogen-bond acceptors (Lipinski definition) is 4. The maximum absolute atomic E-state index is 11.8. The first-order valence-electron chi connectivity index (χ1n) is 5.59. The van der Waals surface area contributed by atoms with E-state index in [1.807, 2.05) is 13.8 Å². The fourth-order valence-corrected chi connectivity index (χ4v) is 2.13. The molecule has 1 saturated heterocycles. The van der Waals surface area contributed by atoms with Crippen LogP contribution in [0.4, 0.5) is 0 Å². The molecule has 1 aliphatic rings. The molecule has 2 rings (SSSR count). The lowest BCUT2D eigenvalue weighted by Crippen LogP contribution is -2.47. The number of hydrogen-bond donors (Lipinski definition) is 0. The molecular formula is C12H17NO3. The Morgan fingerprint density at radius 2 is 2.12 bits per heavy atom. The van der Waals surface area contributed by atoms with E-state index in [2.05, 4.69) is 4.90 Å². The van der Waals surface area contributed by atoms with Gasteiger partial charge in [-0.1, -0.05) is 0 Å². The smallest absolute Gasteiger partial charge is 0.211 e. The minimum Gasteiger partial charge on any atom is -0.461 e. The molecule has 0 spiro atoms. The third-order valence-corrected chi connectivity index (χ3v) is 2.66. The van der Waals surface area contributed by atoms with Crippen LogP contribution in [0.15, 0.2) is 22.8 Å². The molecule has 0 aliphatic carbocycles. The summed E-state index contributed by atoms with van der Waals surface area (Å²) in [5, 5.41) is 0. The lowest BCUT2D eigenvalue weighted by Gasteiger charge is -2.34. The zero-order chi connectivity index (χ0) is 11.5. The molecule has 16 heavy (non-hydrogen) atoms. The lowest BCUT2D eigenvalue weighted by atomic mass is 10.2. The molecule has 88 valence electrons. The van der Waals surface area contributed by atoms with E-state index < -0.39 is 0 Å². The van der Waals surface area contributed by atoms with Crippen molar-refractivity contribution in [2.24, 2.45) is 0 Å². The van der Waals surface area contributed by atoms with Gasteiger partial charge in [-0.25, -0.2) is 0 Å². The van der Waals surface area contributed by atoms with Crippen LogP contribution in [0.2, 0.25) is 0 Å². The molecule has 0 radical (unpaired) electrons. The van der Waals surface area contributed by atoms with Crippen molar-refractivity contribution in [1.29, 1.82) is 0 Å². The lowest BCUT2D eigenvalue weighted by molar-refractivity contribution is -0.0653. The summed E-state index contributed by atoms with van der Waals surface area (Å²) in [6.45, 7) is 6.07. The Bertz CT molecular complexity index is 337. The Morgan fingerprint density at radius 1 is 1.44 bits per heavy atom. The highest BCUT2D eigenvalue weighted by Crippen LogP contribution is 2.11. The third kappa shape index (κ3) is 2.71. The summed E-state index contributed by atoms with van der Waals surface area (Å²) >= 11 is 0. The number of carbonyl (C=O) groups excluding carboxylic acids is 1. The minimum atomic E-state index is 0.0336. The summed E-state index contributed by atoms with van der Waals surface area (Å²) in [4.78, 5) is 13.9. The Balaban J connectivity index is 1.92. The van der Waals surface area contributed by atoms with Gasteiger partial charge in [-0.2, -0.15) is 0 Å². The number of morpholine rings is 1. The van der Waals surface area contributed by atoms with Gasteiger partial charge in [-0.15, -0.1) is 0 Å². The summed E-state index contributed by atoms with van der Waals surface area (Å²) in [6, 6.07) is 3.44. The van der Waals surface area contributed by atoms with E-state index in [9.17, 15) is 4.79 Å². The number of ketones is 1. The number of rotatable bonds is 3. The second-order valence-corrected chi connectivity index (χ2v) is 4.35. The first-order valence-corrected chi connectivity index (χ1v) is 5.59. The van der Waals surface area contributed by atoms with Gasteiger partial charge in [0.1, 0.15) is 0 Å². The van der Waals surface area contributed by atoms with Crippen molar-refractivity contribution in [2.45, 2.75) is 26.1 Å². The van der Waals surface area contributed by atoms with E-state index in [0.29, 0.717) is 12.3 Å². The van der Waals surface area contributed by atoms with Gasteiger partial charge < -0.3 is 9.15 Å². The number of ether oxygens (including phenoxy) is 1. The van der Waals surface area contributed by atoms with E-state index in [-0.39, 0.29) is 18.0 Å². The van der Waals surface area contributed by atoms with E-state index >= 15 is 0 Å². The second kappa shape index (κ2) is 4.80. The van der Waals surface area contributed by atoms with Crippen LogP contribution in [0, 0.1) is 0 Å². The summed E-state index contributed by atoms with van der Waals surface area (Å²) in [5.41, 5.74) is 0. The Morgan fingerprint density at radius 3 is 2.69 bits per heavy atom. The summed E-state index contributed by atoms with van der Waals surface area (Å²) in [5.74, 6) is 0.470. The van der Waals surface area contributed by atoms with Gasteiger partial charge in [-0.3, -0.25) is 9.69 Å². The van der Waals surface area contributed by atoms with E-state index in [0.717, 1.165) is 13.1 Å². The number of furan rings is 1. The van der Waals surface area contributed by atoms with Crippen LogP contribution < -0.4 is 0 Å². The van der Waals surface area contributed by atoms with Crippen molar-refractivity contribution in [3.8, 4) is 0 Å². The van der Waals surface area contributed by atoms with Crippen molar-refractivity contribution in [3.63, 3.8) is 0 Å². The van der Waals surface area contributed by atoms with Gasteiger partial charge >= 0.3 is 0 Å². The molecule has 4 nitrogen and oxygen atoms in total. The number of nitrogens with zero attached hydrogens (tertiary/aromatic N) is 1. The average Bonchev–Trinajstić information content (AvgIpc) is 2.68. The Labute approximate surface area is 95.2 Å². The Kier molecular flexibility index (Phi) is 3.41. The maximum Gasteiger partial charge on any atom is 0.211 e. The SMILES string of the molecule is C[C@@H]1CN(CC(=O)c2ccco2)C[C@H](C)O1. The predicted molar refractivity (Wildman–Crippen MR) is 59.5 cm³/mol. The first-order chi connectivity index (χ1) is 7.65. The zero-order valence-electron chi connectivity index (χ0n) is 9.68. The van der Waals surface area contributed by atoms with Crippen molar-refractivity contribution in [2.75, 3.05) is 19.6 Å². The molecule has 1 aromatic heterocycles. The van der Waals surface area contributed by atoms with Gasteiger partial charge in [0.05, 0.1) is 25.0 Å². The summed E-state index contributed by atoms with van der Waals surface area (Å²) < 4.78 is 10.7. The Hall–Kier alpha value is -1.13. The van der Waals surface area contributed by atoms with E-state index in [1.54, 1.807) is 12.1 Å². The fourth-order valence-electron chi connectivity index (χ4n) is 2.13. The van der Waals surface area contributed by atoms with Crippen LogP contribution in [0.25, 0.3) is 0 Å². The van der Waals surface area contributed by atoms with Crippen LogP contribution in [-0.2, 0) is 4.74 Å². The van der Waals surface area contributed by atoms with Crippen LogP contribution in [-0.4, -0.2) is 42.5 Å². The predicted octanol–water partition coefficient (Wildman–Crippen LogP) is 1.57. The van der Waals surface area contributed by atoms with Crippen LogP contribution in [0.3, 0.4) is 0 Å². The van der Waals surface area contributed by atoms with Crippen molar-refractivity contribution in [3.05, 3.63) is 24.2 Å². The van der Waals surface area contributed by atoms with Gasteiger partial charge in [0.25, 0.3) is 0 Å². The van der Waals surface area contributed by atoms with Crippen molar-refractivity contribution < 1.29 is 13.9 Å². The topological polar surface area (TPSA) is 42.7 Å². The van der Waals surface area contributed by atoms with E-state index in [1.165, 1.54) is 6.26 Å². The van der Waals surface area contributed by atoms with Crippen molar-refractivity contribution in [1.82, 2.24) is 4.90 Å². The van der Waals surface area contributed by atoms with Gasteiger partial charge in [0.2, 0.25) is 5.78 Å². The van der Waals surface area contributed by atoms with E-state index in [4.69, 9.17) is 9.15 Å². The molecule has 0 bridgehead atoms. The molecule has 2 atom stereocenters. The molecule has 1 aromatic rings. The largest absolute Gasteiger partial charge is 0.461 e. The zero-order valence-corrected chi connectivity index (χ0v) is 9.68. The molecule has 0 unspecified atom stereocenters. The molecular weight excluding hydrogens is 206 g/mol. The number of Topliss-reactive ketones (excluding diaryl/α,β-unsaturated/α-hetero) is 1. The average molecular weight is 223 g/mol. The number of carbonyl (C=O) groups is 1. The van der Waals surface area contributed by atoms with Gasteiger partial charge in [-0.05, 0) is 26.0 Å². The van der Waals surface area contributed by atoms with Crippen LogP contribution in [0.1, 0.15) is 24.4 Å². The highest BCUT2D eigenvalue weighted by atomic mass is 16.5. The van der Waals surface area contributed by atoms with Crippen molar-refractivity contribution >= 4 is 5.78 Å². The normalized spacial score (nSPS) is 26.9. The molecule has 1 fully saturated rings. The van der Waals surface area contributed by atoms with Crippen LogP contribution in [0.5, 0.6) is 0 Å². The quantitative estimate of drug-likeness (QED) is 0.729. The van der Waals surface area contributed by atoms with Crippen LogP contribution >= 0.6 is 0 Å². The molecule has 0 saturated carbocycles. The molecule has 1 aliphatic heterocycles. The summed E-state index contributed by atoms with van der Waals surface area (Å²) in [7, 11) is 0. The third-order valence-electron chi connectivity index (χ3n) is 2.66. The van der Waals surface area contributed by atoms with Gasteiger partial charge in [0.15, 0.2) is 5.76 Å². The molecule has 0 N–H and O–H groups in total. The molecule has 2 heterocycles. The van der Waals surface area contributed by atoms with Gasteiger partial charge in [0, 0.05) is 13.1 Å². The minimum absolute atomic E-state index is 0.0336. The highest BCUT2D eigenvalue weighted by Gasteiger charge is 2.24. The summed E-state index contributed by atoms with van der Waals surface area (Å²) in [6.07, 6.45) is 1.90. The maximum atomic E-state index is 11.8. The molecule has 4 heteroatoms. The first kappa shape index (κ1) is 11.4. The second-order valence-electron chi connectivity index (χ2n) is 4.35. The standard InChI is InChI=1S/C12H17NO3/c1-9-6-13(7-10(2)16-9)8-11(14)12-4-3-5-15-12/h3-5,9-10H,6-8H2,1-2H3/t9-,10+. The monoisotopic (exact) mass is 223 g/mol. The molecule has 0 amide bonds. The molecule has 0 aromatic carbocycles.